The summed E-state index contributed by atoms with van der Waals surface area (Å²) in [5.41, 5.74) is 4.19. The second kappa shape index (κ2) is 5.82. The van der Waals surface area contributed by atoms with Crippen molar-refractivity contribution in [3.8, 4) is 0 Å². The van der Waals surface area contributed by atoms with Crippen molar-refractivity contribution in [2.45, 2.75) is 33.1 Å². The van der Waals surface area contributed by atoms with Gasteiger partial charge in [-0.05, 0) is 43.9 Å². The Hall–Kier alpha value is -1.35. The van der Waals surface area contributed by atoms with Crippen molar-refractivity contribution >= 4 is 5.97 Å². The van der Waals surface area contributed by atoms with Gasteiger partial charge in [0.15, 0.2) is 0 Å². The van der Waals surface area contributed by atoms with Gasteiger partial charge in [0.2, 0.25) is 0 Å². The van der Waals surface area contributed by atoms with Crippen molar-refractivity contribution in [2.24, 2.45) is 0 Å². The fourth-order valence-electron chi connectivity index (χ4n) is 2.37. The Kier molecular flexibility index (Phi) is 4.70. The highest BCUT2D eigenvalue weighted by Crippen LogP contribution is 2.28. The Morgan fingerprint density at radius 3 is 2.24 bits per heavy atom. The first kappa shape index (κ1) is 13.7. The fraction of sp³-hybridized carbons (Fsp3) is 0.500. The van der Waals surface area contributed by atoms with Gasteiger partial charge in [-0.1, -0.05) is 17.7 Å². The van der Waals surface area contributed by atoms with E-state index in [1.807, 2.05) is 32.9 Å². The number of ether oxygens (including phenoxy) is 1. The van der Waals surface area contributed by atoms with Crippen LogP contribution in [0.3, 0.4) is 0 Å². The maximum absolute atomic E-state index is 11.3. The summed E-state index contributed by atoms with van der Waals surface area (Å²) in [5.74, 6) is -1.26. The Bertz CT molecular complexity index is 387. The quantitative estimate of drug-likeness (QED) is 0.855. The first-order valence-corrected chi connectivity index (χ1v) is 5.76. The average Bonchev–Trinajstić information content (AvgIpc) is 2.20. The molecule has 1 atom stereocenters. The maximum atomic E-state index is 11.3. The summed E-state index contributed by atoms with van der Waals surface area (Å²) in [6.45, 7) is 6.43. The molecule has 1 aromatic rings. The van der Waals surface area contributed by atoms with Gasteiger partial charge in [0.1, 0.15) is 0 Å². The monoisotopic (exact) mass is 236 g/mol. The van der Waals surface area contributed by atoms with Gasteiger partial charge in [-0.25, -0.2) is 0 Å². The predicted molar refractivity (Wildman–Crippen MR) is 67.5 cm³/mol. The van der Waals surface area contributed by atoms with Gasteiger partial charge in [-0.2, -0.15) is 0 Å². The summed E-state index contributed by atoms with van der Waals surface area (Å²) >= 11 is 0. The molecule has 1 unspecified atom stereocenters. The molecule has 1 N–H and O–H groups in total. The summed E-state index contributed by atoms with van der Waals surface area (Å²) in [5, 5.41) is 9.32. The highest BCUT2D eigenvalue weighted by Gasteiger charge is 2.23. The third kappa shape index (κ3) is 3.30. The summed E-state index contributed by atoms with van der Waals surface area (Å²) in [4.78, 5) is 11.3. The van der Waals surface area contributed by atoms with E-state index in [1.54, 1.807) is 7.11 Å². The van der Waals surface area contributed by atoms with E-state index in [9.17, 15) is 9.90 Å². The van der Waals surface area contributed by atoms with Gasteiger partial charge < -0.3 is 9.84 Å². The summed E-state index contributed by atoms with van der Waals surface area (Å²) < 4.78 is 4.98. The minimum absolute atomic E-state index is 0.462. The van der Waals surface area contributed by atoms with E-state index < -0.39 is 11.9 Å². The lowest BCUT2D eigenvalue weighted by Crippen LogP contribution is -2.16. The van der Waals surface area contributed by atoms with Gasteiger partial charge in [-0.15, -0.1) is 0 Å². The number of hydrogen-bond donors (Lipinski definition) is 1. The molecule has 0 aliphatic heterocycles. The van der Waals surface area contributed by atoms with E-state index in [2.05, 4.69) is 0 Å². The molecule has 0 saturated heterocycles. The number of hydrogen-bond acceptors (Lipinski definition) is 2. The summed E-state index contributed by atoms with van der Waals surface area (Å²) in [6, 6.07) is 4.07. The van der Waals surface area contributed by atoms with Crippen LogP contribution in [0.15, 0.2) is 12.1 Å². The number of methoxy groups -OCH3 is 1. The van der Waals surface area contributed by atoms with Crippen LogP contribution in [0.2, 0.25) is 0 Å². The summed E-state index contributed by atoms with van der Waals surface area (Å²) in [7, 11) is 1.59. The Morgan fingerprint density at radius 1 is 1.29 bits per heavy atom. The second-order valence-corrected chi connectivity index (χ2v) is 4.48. The highest BCUT2D eigenvalue weighted by atomic mass is 16.5. The molecular weight excluding hydrogens is 216 g/mol. The molecule has 0 radical (unpaired) electrons. The number of benzene rings is 1. The molecule has 94 valence electrons. The van der Waals surface area contributed by atoms with Crippen LogP contribution in [0.1, 0.15) is 34.6 Å². The summed E-state index contributed by atoms with van der Waals surface area (Å²) in [6.07, 6.45) is 0.510. The van der Waals surface area contributed by atoms with E-state index in [0.717, 1.165) is 16.7 Å². The lowest BCUT2D eigenvalue weighted by molar-refractivity contribution is -0.139. The van der Waals surface area contributed by atoms with Crippen LogP contribution in [-0.4, -0.2) is 24.8 Å². The van der Waals surface area contributed by atoms with Crippen molar-refractivity contribution < 1.29 is 14.6 Å². The standard InChI is InChI=1S/C14H20O3/c1-9-7-10(2)13(11(3)8-9)12(14(15)16)5-6-17-4/h7-8,12H,5-6H2,1-4H3,(H,15,16). The van der Waals surface area contributed by atoms with Crippen LogP contribution in [0.25, 0.3) is 0 Å². The Balaban J connectivity index is 3.14. The van der Waals surface area contributed by atoms with Gasteiger partial charge >= 0.3 is 5.97 Å². The molecule has 17 heavy (non-hydrogen) atoms. The SMILES string of the molecule is COCCC(C(=O)O)c1c(C)cc(C)cc1C. The zero-order valence-electron chi connectivity index (χ0n) is 10.9. The number of carboxylic acids is 1. The molecule has 3 nitrogen and oxygen atoms in total. The van der Waals surface area contributed by atoms with E-state index in [0.29, 0.717) is 13.0 Å². The maximum Gasteiger partial charge on any atom is 0.311 e. The lowest BCUT2D eigenvalue weighted by atomic mass is 9.87. The third-order valence-electron chi connectivity index (χ3n) is 3.00. The van der Waals surface area contributed by atoms with E-state index in [-0.39, 0.29) is 0 Å². The normalized spacial score (nSPS) is 12.5. The molecule has 0 bridgehead atoms. The first-order valence-electron chi connectivity index (χ1n) is 5.76. The highest BCUT2D eigenvalue weighted by molar-refractivity contribution is 5.77. The number of carboxylic acid groups (broad SMARTS) is 1. The zero-order chi connectivity index (χ0) is 13.0. The number of aryl methyl sites for hydroxylation is 3. The molecule has 0 aromatic heterocycles. The lowest BCUT2D eigenvalue weighted by Gasteiger charge is -2.18. The van der Waals surface area contributed by atoms with E-state index >= 15 is 0 Å². The third-order valence-corrected chi connectivity index (χ3v) is 3.00. The van der Waals surface area contributed by atoms with Gasteiger partial charge in [0, 0.05) is 13.7 Å². The molecule has 0 amide bonds. The van der Waals surface area contributed by atoms with Crippen molar-refractivity contribution in [3.63, 3.8) is 0 Å². The van der Waals surface area contributed by atoms with Gasteiger partial charge in [0.25, 0.3) is 0 Å². The van der Waals surface area contributed by atoms with Crippen LogP contribution in [0, 0.1) is 20.8 Å². The number of carbonyl (C=O) groups is 1. The largest absolute Gasteiger partial charge is 0.481 e. The van der Waals surface area contributed by atoms with Crippen molar-refractivity contribution in [2.75, 3.05) is 13.7 Å². The molecule has 3 heteroatoms. The van der Waals surface area contributed by atoms with E-state index in [4.69, 9.17) is 4.74 Å². The van der Waals surface area contributed by atoms with Crippen molar-refractivity contribution in [1.29, 1.82) is 0 Å². The van der Waals surface area contributed by atoms with Gasteiger partial charge in [0.05, 0.1) is 5.92 Å². The van der Waals surface area contributed by atoms with Crippen LogP contribution in [-0.2, 0) is 9.53 Å². The van der Waals surface area contributed by atoms with Crippen LogP contribution in [0.5, 0.6) is 0 Å². The smallest absolute Gasteiger partial charge is 0.311 e. The second-order valence-electron chi connectivity index (χ2n) is 4.48. The first-order chi connectivity index (χ1) is 7.97. The molecule has 0 fully saturated rings. The molecule has 0 aliphatic rings. The average molecular weight is 236 g/mol. The molecule has 1 aromatic carbocycles. The number of rotatable bonds is 5. The van der Waals surface area contributed by atoms with Crippen LogP contribution in [0.4, 0.5) is 0 Å². The Labute approximate surface area is 102 Å². The minimum Gasteiger partial charge on any atom is -0.481 e. The molecular formula is C14H20O3. The fourth-order valence-corrected chi connectivity index (χ4v) is 2.37. The predicted octanol–water partition coefficient (Wildman–Crippen LogP) is 2.82. The Morgan fingerprint density at radius 2 is 1.82 bits per heavy atom. The molecule has 0 saturated carbocycles. The zero-order valence-corrected chi connectivity index (χ0v) is 10.9. The molecule has 0 spiro atoms. The number of aliphatic carboxylic acids is 1. The van der Waals surface area contributed by atoms with Crippen molar-refractivity contribution in [1.82, 2.24) is 0 Å². The molecule has 0 heterocycles. The molecule has 0 aliphatic carbocycles. The van der Waals surface area contributed by atoms with Crippen LogP contribution >= 0.6 is 0 Å². The van der Waals surface area contributed by atoms with Gasteiger partial charge in [-0.3, -0.25) is 4.79 Å². The molecule has 1 rings (SSSR count). The van der Waals surface area contributed by atoms with Crippen molar-refractivity contribution in [3.05, 3.63) is 34.4 Å². The minimum atomic E-state index is -0.780. The topological polar surface area (TPSA) is 46.5 Å². The van der Waals surface area contributed by atoms with E-state index in [1.165, 1.54) is 5.56 Å². The van der Waals surface area contributed by atoms with Crippen LogP contribution < -0.4 is 0 Å².